The molecule has 156 valence electrons. The predicted molar refractivity (Wildman–Crippen MR) is 114 cm³/mol. The molecule has 2 fully saturated rings. The van der Waals surface area contributed by atoms with Crippen molar-refractivity contribution < 1.29 is 12.8 Å². The first-order valence-corrected chi connectivity index (χ1v) is 11.9. The highest BCUT2D eigenvalue weighted by atomic mass is 35.5. The molecule has 6 nitrogen and oxygen atoms in total. The van der Waals surface area contributed by atoms with E-state index in [2.05, 4.69) is 10.2 Å². The Labute approximate surface area is 180 Å². The molecular weight excluding hydrogens is 422 g/mol. The number of hydrogen-bond acceptors (Lipinski definition) is 5. The number of piperidine rings is 1. The average Bonchev–Trinajstić information content (AvgIpc) is 3.22. The van der Waals surface area contributed by atoms with Crippen molar-refractivity contribution in [3.8, 4) is 11.5 Å². The van der Waals surface area contributed by atoms with Crippen LogP contribution in [-0.2, 0) is 10.0 Å². The fraction of sp³-hybridized carbons (Fsp3) is 0.364. The van der Waals surface area contributed by atoms with Crippen molar-refractivity contribution in [3.05, 3.63) is 65.0 Å². The van der Waals surface area contributed by atoms with E-state index in [0.717, 1.165) is 24.8 Å². The number of sulfonamides is 1. The van der Waals surface area contributed by atoms with E-state index in [1.165, 1.54) is 0 Å². The second-order valence-electron chi connectivity index (χ2n) is 8.20. The molecule has 30 heavy (non-hydrogen) atoms. The van der Waals surface area contributed by atoms with Crippen LogP contribution < -0.4 is 0 Å². The molecule has 0 N–H and O–H groups in total. The molecule has 3 aromatic rings. The first-order chi connectivity index (χ1) is 14.4. The molecule has 1 aliphatic heterocycles. The van der Waals surface area contributed by atoms with Gasteiger partial charge in [-0.15, -0.1) is 10.2 Å². The Balaban J connectivity index is 1.29. The molecule has 0 radical (unpaired) electrons. The van der Waals surface area contributed by atoms with Crippen molar-refractivity contribution in [2.24, 2.45) is 5.41 Å². The topological polar surface area (TPSA) is 76.3 Å². The summed E-state index contributed by atoms with van der Waals surface area (Å²) in [5.74, 6) is 1.40. The fourth-order valence-corrected chi connectivity index (χ4v) is 6.42. The first kappa shape index (κ1) is 19.7. The maximum atomic E-state index is 13.1. The molecule has 5 rings (SSSR count). The number of nitrogens with zero attached hydrogens (tertiary/aromatic N) is 3. The van der Waals surface area contributed by atoms with Crippen LogP contribution in [0.1, 0.15) is 36.6 Å². The molecule has 0 amide bonds. The van der Waals surface area contributed by atoms with Crippen LogP contribution in [0.5, 0.6) is 0 Å². The van der Waals surface area contributed by atoms with Crippen LogP contribution in [0.2, 0.25) is 5.02 Å². The lowest BCUT2D eigenvalue weighted by Crippen LogP contribution is -2.39. The number of rotatable bonds is 4. The summed E-state index contributed by atoms with van der Waals surface area (Å²) in [6.45, 7) is 2.73. The molecule has 2 heterocycles. The van der Waals surface area contributed by atoms with Crippen LogP contribution >= 0.6 is 11.6 Å². The Morgan fingerprint density at radius 3 is 2.53 bits per heavy atom. The Morgan fingerprint density at radius 1 is 1.07 bits per heavy atom. The largest absolute Gasteiger partial charge is 0.420 e. The zero-order valence-corrected chi connectivity index (χ0v) is 18.2. The van der Waals surface area contributed by atoms with E-state index in [1.807, 2.05) is 30.3 Å². The third kappa shape index (κ3) is 3.25. The van der Waals surface area contributed by atoms with Crippen LogP contribution in [0.4, 0.5) is 0 Å². The maximum Gasteiger partial charge on any atom is 0.247 e. The Hall–Kier alpha value is -2.22. The van der Waals surface area contributed by atoms with Crippen LogP contribution in [0, 0.1) is 12.3 Å². The van der Waals surface area contributed by atoms with Gasteiger partial charge in [0.1, 0.15) is 0 Å². The minimum Gasteiger partial charge on any atom is -0.420 e. The highest BCUT2D eigenvalue weighted by Gasteiger charge is 2.59. The second kappa shape index (κ2) is 7.18. The van der Waals surface area contributed by atoms with Crippen molar-refractivity contribution in [3.63, 3.8) is 0 Å². The van der Waals surface area contributed by atoms with Gasteiger partial charge in [0.15, 0.2) is 0 Å². The van der Waals surface area contributed by atoms with Crippen LogP contribution in [0.15, 0.2) is 57.8 Å². The molecule has 0 unspecified atom stereocenters. The van der Waals surface area contributed by atoms with Gasteiger partial charge in [-0.2, -0.15) is 4.31 Å². The van der Waals surface area contributed by atoms with Gasteiger partial charge in [0.05, 0.1) is 4.90 Å². The minimum atomic E-state index is -3.55. The van der Waals surface area contributed by atoms with Gasteiger partial charge in [0.2, 0.25) is 21.8 Å². The van der Waals surface area contributed by atoms with Crippen LogP contribution in [0.25, 0.3) is 11.5 Å². The number of aromatic nitrogens is 2. The maximum absolute atomic E-state index is 13.1. The average molecular weight is 444 g/mol. The van der Waals surface area contributed by atoms with Gasteiger partial charge in [0, 0.05) is 29.6 Å². The summed E-state index contributed by atoms with van der Waals surface area (Å²) in [4.78, 5) is 0.294. The van der Waals surface area contributed by atoms with Gasteiger partial charge in [-0.05, 0) is 61.4 Å². The lowest BCUT2D eigenvalue weighted by molar-refractivity contribution is 0.246. The molecule has 1 atom stereocenters. The van der Waals surface area contributed by atoms with Crippen molar-refractivity contribution >= 4 is 21.6 Å². The number of hydrogen-bond donors (Lipinski definition) is 0. The van der Waals surface area contributed by atoms with Gasteiger partial charge in [-0.25, -0.2) is 8.42 Å². The SMILES string of the molecule is Cc1c(Cl)cccc1S(=O)(=O)N1CCC2(CC1)C[C@H]2c1nnc(-c2ccccc2)o1. The lowest BCUT2D eigenvalue weighted by Gasteiger charge is -2.32. The van der Waals surface area contributed by atoms with Gasteiger partial charge < -0.3 is 4.42 Å². The van der Waals surface area contributed by atoms with Gasteiger partial charge in [0.25, 0.3) is 0 Å². The molecule has 1 aliphatic carbocycles. The highest BCUT2D eigenvalue weighted by molar-refractivity contribution is 7.89. The van der Waals surface area contributed by atoms with Crippen LogP contribution in [0.3, 0.4) is 0 Å². The molecule has 2 aromatic carbocycles. The quantitative estimate of drug-likeness (QED) is 0.586. The predicted octanol–water partition coefficient (Wildman–Crippen LogP) is 4.66. The van der Waals surface area contributed by atoms with E-state index >= 15 is 0 Å². The molecule has 8 heteroatoms. The highest BCUT2D eigenvalue weighted by Crippen LogP contribution is 2.64. The fourth-order valence-electron chi connectivity index (χ4n) is 4.50. The summed E-state index contributed by atoms with van der Waals surface area (Å²) in [5, 5.41) is 8.95. The van der Waals surface area contributed by atoms with Gasteiger partial charge >= 0.3 is 0 Å². The number of halogens is 1. The van der Waals surface area contributed by atoms with E-state index in [0.29, 0.717) is 40.4 Å². The standard InChI is InChI=1S/C22H22ClN3O3S/c1-15-18(23)8-5-9-19(15)30(27,28)26-12-10-22(11-13-26)14-17(22)21-25-24-20(29-21)16-6-3-2-4-7-16/h2-9,17H,10-14H2,1H3/t17-/m0/s1. The monoisotopic (exact) mass is 443 g/mol. The normalized spacial score (nSPS) is 21.1. The summed E-state index contributed by atoms with van der Waals surface area (Å²) in [6, 6.07) is 14.7. The van der Waals surface area contributed by atoms with Crippen molar-refractivity contribution in [1.29, 1.82) is 0 Å². The molecule has 0 bridgehead atoms. The van der Waals surface area contributed by atoms with E-state index in [1.54, 1.807) is 29.4 Å². The third-order valence-corrected chi connectivity index (χ3v) is 8.96. The van der Waals surface area contributed by atoms with E-state index < -0.39 is 10.0 Å². The van der Waals surface area contributed by atoms with E-state index in [9.17, 15) is 8.42 Å². The zero-order chi connectivity index (χ0) is 20.9. The Bertz CT molecular complexity index is 1190. The lowest BCUT2D eigenvalue weighted by atomic mass is 9.92. The summed E-state index contributed by atoms with van der Waals surface area (Å²) in [7, 11) is -3.55. The summed E-state index contributed by atoms with van der Waals surface area (Å²) >= 11 is 6.14. The first-order valence-electron chi connectivity index (χ1n) is 10.0. The van der Waals surface area contributed by atoms with Crippen molar-refractivity contribution in [2.75, 3.05) is 13.1 Å². The van der Waals surface area contributed by atoms with E-state index in [4.69, 9.17) is 16.0 Å². The third-order valence-electron chi connectivity index (χ3n) is 6.50. The molecule has 1 saturated carbocycles. The van der Waals surface area contributed by atoms with Crippen LogP contribution in [-0.4, -0.2) is 36.0 Å². The molecular formula is C22H22ClN3O3S. The van der Waals surface area contributed by atoms with Crippen molar-refractivity contribution in [2.45, 2.75) is 37.0 Å². The number of benzene rings is 2. The molecule has 1 saturated heterocycles. The summed E-state index contributed by atoms with van der Waals surface area (Å²) in [5.41, 5.74) is 1.57. The smallest absolute Gasteiger partial charge is 0.247 e. The molecule has 1 spiro atoms. The van der Waals surface area contributed by atoms with Gasteiger partial charge in [-0.1, -0.05) is 35.9 Å². The molecule has 2 aliphatic rings. The Kier molecular flexibility index (Phi) is 4.72. The van der Waals surface area contributed by atoms with E-state index in [-0.39, 0.29) is 11.3 Å². The molecule has 1 aromatic heterocycles. The second-order valence-corrected chi connectivity index (χ2v) is 10.5. The van der Waals surface area contributed by atoms with Crippen molar-refractivity contribution in [1.82, 2.24) is 14.5 Å². The Morgan fingerprint density at radius 2 is 1.80 bits per heavy atom. The zero-order valence-electron chi connectivity index (χ0n) is 16.6. The summed E-state index contributed by atoms with van der Waals surface area (Å²) in [6.07, 6.45) is 2.55. The van der Waals surface area contributed by atoms with Gasteiger partial charge in [-0.3, -0.25) is 0 Å². The minimum absolute atomic E-state index is 0.0654. The summed E-state index contributed by atoms with van der Waals surface area (Å²) < 4.78 is 33.8.